The van der Waals surface area contributed by atoms with E-state index in [1.165, 1.54) is 30.7 Å². The highest BCUT2D eigenvalue weighted by molar-refractivity contribution is 5.95. The fourth-order valence-corrected chi connectivity index (χ4v) is 4.51. The van der Waals surface area contributed by atoms with E-state index in [9.17, 15) is 14.0 Å². The minimum Gasteiger partial charge on any atom is -0.388 e. The highest BCUT2D eigenvalue weighted by atomic mass is 19.1. The van der Waals surface area contributed by atoms with Crippen LogP contribution in [0.3, 0.4) is 0 Å². The molecule has 2 aliphatic rings. The number of hydrogen-bond donors (Lipinski definition) is 1. The van der Waals surface area contributed by atoms with E-state index in [0.717, 1.165) is 23.2 Å². The molecule has 28 heavy (non-hydrogen) atoms. The molecular formula is C20H23FN4O3. The van der Waals surface area contributed by atoms with Crippen LogP contribution in [0.4, 0.5) is 4.39 Å². The van der Waals surface area contributed by atoms with E-state index in [1.807, 2.05) is 0 Å². The van der Waals surface area contributed by atoms with Crippen molar-refractivity contribution in [2.75, 3.05) is 0 Å². The van der Waals surface area contributed by atoms with Gasteiger partial charge in [-0.1, -0.05) is 20.8 Å². The van der Waals surface area contributed by atoms with E-state index < -0.39 is 17.5 Å². The summed E-state index contributed by atoms with van der Waals surface area (Å²) in [7, 11) is 0. The third kappa shape index (κ3) is 2.87. The summed E-state index contributed by atoms with van der Waals surface area (Å²) in [4.78, 5) is 24.2. The molecule has 2 aliphatic carbocycles. The molecule has 0 spiro atoms. The van der Waals surface area contributed by atoms with E-state index >= 15 is 0 Å². The number of hydrazone groups is 1. The quantitative estimate of drug-likeness (QED) is 0.818. The molecule has 0 aliphatic heterocycles. The van der Waals surface area contributed by atoms with Gasteiger partial charge in [0.1, 0.15) is 12.4 Å². The molecule has 4 rings (SSSR count). The molecule has 1 aromatic carbocycles. The number of benzene rings is 1. The number of carbonyl (C=O) groups excluding carboxylic acids is 1. The van der Waals surface area contributed by atoms with E-state index in [2.05, 4.69) is 36.4 Å². The summed E-state index contributed by atoms with van der Waals surface area (Å²) < 4.78 is 19.0. The second kappa shape index (κ2) is 6.39. The van der Waals surface area contributed by atoms with Gasteiger partial charge in [0.05, 0.1) is 0 Å². The Balaban J connectivity index is 1.45. The maximum atomic E-state index is 13.0. The summed E-state index contributed by atoms with van der Waals surface area (Å²) in [6.45, 7) is 6.44. The topological polar surface area (TPSA) is 89.5 Å². The normalized spacial score (nSPS) is 26.7. The predicted molar refractivity (Wildman–Crippen MR) is 101 cm³/mol. The van der Waals surface area contributed by atoms with Crippen molar-refractivity contribution >= 4 is 11.6 Å². The smallest absolute Gasteiger partial charge is 0.388 e. The number of fused-ring (bicyclic) bond motifs is 2. The molecule has 2 bridgehead atoms. The van der Waals surface area contributed by atoms with Gasteiger partial charge in [-0.15, -0.1) is 5.10 Å². The van der Waals surface area contributed by atoms with Gasteiger partial charge in [-0.05, 0) is 54.9 Å². The van der Waals surface area contributed by atoms with Gasteiger partial charge < -0.3 is 4.42 Å². The fraction of sp³-hybridized carbons (Fsp3) is 0.500. The van der Waals surface area contributed by atoms with Gasteiger partial charge in [-0.3, -0.25) is 4.79 Å². The Morgan fingerprint density at radius 2 is 2.07 bits per heavy atom. The Bertz CT molecular complexity index is 1010. The number of nitrogens with one attached hydrogen (secondary N) is 1. The van der Waals surface area contributed by atoms with Crippen molar-refractivity contribution < 1.29 is 13.6 Å². The maximum absolute atomic E-state index is 13.0. The molecule has 0 saturated heterocycles. The molecule has 2 fully saturated rings. The molecule has 7 nitrogen and oxygen atoms in total. The summed E-state index contributed by atoms with van der Waals surface area (Å²) in [6.07, 6.45) is 3.16. The maximum Gasteiger partial charge on any atom is 0.437 e. The molecule has 1 heterocycles. The van der Waals surface area contributed by atoms with Crippen molar-refractivity contribution in [2.45, 2.75) is 46.6 Å². The standard InChI is InChI=1S/C20H23FN4O3/c1-19(2)13-8-9-20(19,3)15(10-13)22-23-16(26)11-25-18(27)28-17(24-25)12-4-6-14(21)7-5-12/h4-7,13H,8-11H2,1-3H3,(H,23,26)/b22-15+/t13-,20+/m0/s1. The molecule has 1 N–H and O–H groups in total. The first-order valence-electron chi connectivity index (χ1n) is 9.40. The van der Waals surface area contributed by atoms with Crippen LogP contribution in [-0.4, -0.2) is 21.4 Å². The molecule has 148 valence electrons. The number of aromatic nitrogens is 2. The van der Waals surface area contributed by atoms with Crippen LogP contribution in [0, 0.1) is 22.6 Å². The van der Waals surface area contributed by atoms with Crippen molar-refractivity contribution in [2.24, 2.45) is 21.8 Å². The fourth-order valence-electron chi connectivity index (χ4n) is 4.51. The Labute approximate surface area is 161 Å². The monoisotopic (exact) mass is 386 g/mol. The number of amides is 1. The van der Waals surface area contributed by atoms with Crippen molar-refractivity contribution in [1.29, 1.82) is 0 Å². The van der Waals surface area contributed by atoms with Crippen LogP contribution in [0.15, 0.2) is 38.6 Å². The first-order valence-corrected chi connectivity index (χ1v) is 9.40. The lowest BCUT2D eigenvalue weighted by Crippen LogP contribution is -2.35. The molecule has 0 radical (unpaired) electrons. The van der Waals surface area contributed by atoms with Crippen LogP contribution in [0.2, 0.25) is 0 Å². The number of halogens is 1. The third-order valence-electron chi connectivity index (χ3n) is 6.82. The average molecular weight is 386 g/mol. The van der Waals surface area contributed by atoms with E-state index in [4.69, 9.17) is 4.42 Å². The highest BCUT2D eigenvalue weighted by Gasteiger charge is 2.60. The van der Waals surface area contributed by atoms with Crippen LogP contribution in [-0.2, 0) is 11.3 Å². The van der Waals surface area contributed by atoms with E-state index in [-0.39, 0.29) is 23.3 Å². The molecule has 2 saturated carbocycles. The second-order valence-electron chi connectivity index (χ2n) is 8.42. The largest absolute Gasteiger partial charge is 0.437 e. The molecule has 1 aromatic heterocycles. The average Bonchev–Trinajstić information content (AvgIpc) is 3.18. The third-order valence-corrected chi connectivity index (χ3v) is 6.82. The second-order valence-corrected chi connectivity index (χ2v) is 8.42. The van der Waals surface area contributed by atoms with Crippen LogP contribution < -0.4 is 11.2 Å². The van der Waals surface area contributed by atoms with Crippen LogP contribution in [0.25, 0.3) is 11.5 Å². The molecule has 2 aromatic rings. The van der Waals surface area contributed by atoms with Gasteiger partial charge >= 0.3 is 5.76 Å². The Morgan fingerprint density at radius 3 is 2.68 bits per heavy atom. The zero-order valence-electron chi connectivity index (χ0n) is 16.2. The van der Waals surface area contributed by atoms with Gasteiger partial charge in [0.15, 0.2) is 0 Å². The van der Waals surface area contributed by atoms with Crippen molar-refractivity contribution in [3.63, 3.8) is 0 Å². The zero-order chi connectivity index (χ0) is 20.1. The molecule has 8 heteroatoms. The SMILES string of the molecule is CC1(C)[C@H]2CC[C@]1(C)/C(=N/NC(=O)Cn1nc(-c3ccc(F)cc3)oc1=O)C2. The van der Waals surface area contributed by atoms with Gasteiger partial charge in [0.2, 0.25) is 5.89 Å². The summed E-state index contributed by atoms with van der Waals surface area (Å²) in [6, 6.07) is 5.40. The van der Waals surface area contributed by atoms with Crippen LogP contribution in [0.1, 0.15) is 40.0 Å². The molecule has 0 unspecified atom stereocenters. The summed E-state index contributed by atoms with van der Waals surface area (Å²) >= 11 is 0. The number of rotatable bonds is 4. The van der Waals surface area contributed by atoms with Gasteiger partial charge in [-0.25, -0.2) is 14.6 Å². The lowest BCUT2D eigenvalue weighted by molar-refractivity contribution is -0.121. The van der Waals surface area contributed by atoms with Crippen molar-refractivity contribution in [3.05, 3.63) is 40.6 Å². The lowest BCUT2D eigenvalue weighted by Gasteiger charge is -2.34. The number of hydrogen-bond acceptors (Lipinski definition) is 5. The Kier molecular flexibility index (Phi) is 4.24. The van der Waals surface area contributed by atoms with Gasteiger partial charge in [-0.2, -0.15) is 9.78 Å². The van der Waals surface area contributed by atoms with Crippen LogP contribution in [0.5, 0.6) is 0 Å². The Hall–Kier alpha value is -2.77. The molecule has 1 amide bonds. The number of nitrogens with zero attached hydrogens (tertiary/aromatic N) is 3. The minimum absolute atomic E-state index is 0.00850. The molecular weight excluding hydrogens is 363 g/mol. The number of carbonyl (C=O) groups is 1. The first kappa shape index (κ1) is 18.6. The van der Waals surface area contributed by atoms with E-state index in [0.29, 0.717) is 11.5 Å². The van der Waals surface area contributed by atoms with Crippen LogP contribution >= 0.6 is 0 Å². The lowest BCUT2D eigenvalue weighted by atomic mass is 9.70. The summed E-state index contributed by atoms with van der Waals surface area (Å²) in [5, 5.41) is 8.39. The van der Waals surface area contributed by atoms with Gasteiger partial charge in [0.25, 0.3) is 5.91 Å². The van der Waals surface area contributed by atoms with Crippen molar-refractivity contribution in [1.82, 2.24) is 15.2 Å². The minimum atomic E-state index is -0.754. The van der Waals surface area contributed by atoms with E-state index in [1.54, 1.807) is 0 Å². The summed E-state index contributed by atoms with van der Waals surface area (Å²) in [5.74, 6) is -0.981. The highest BCUT2D eigenvalue weighted by Crippen LogP contribution is 2.63. The first-order chi connectivity index (χ1) is 13.2. The van der Waals surface area contributed by atoms with Crippen molar-refractivity contribution in [3.8, 4) is 11.5 Å². The molecule has 2 atom stereocenters. The zero-order valence-corrected chi connectivity index (χ0v) is 16.2. The predicted octanol–water partition coefficient (Wildman–Crippen LogP) is 2.96. The van der Waals surface area contributed by atoms with Gasteiger partial charge in [0, 0.05) is 16.7 Å². The summed E-state index contributed by atoms with van der Waals surface area (Å²) in [5.41, 5.74) is 4.19. The Morgan fingerprint density at radius 1 is 1.36 bits per heavy atom.